The molecule has 2 rings (SSSR count). The fraction of sp³-hybridized carbons (Fsp3) is 0.200. The molecule has 2 aromatic rings. The van der Waals surface area contributed by atoms with E-state index >= 15 is 0 Å². The summed E-state index contributed by atoms with van der Waals surface area (Å²) in [4.78, 5) is 16.0. The lowest BCUT2D eigenvalue weighted by Gasteiger charge is -2.11. The minimum Gasteiger partial charge on any atom is -0.482 e. The van der Waals surface area contributed by atoms with Gasteiger partial charge < -0.3 is 15.2 Å². The number of nitrogens with one attached hydrogen (secondary N) is 1. The van der Waals surface area contributed by atoms with Crippen LogP contribution in [0, 0.1) is 6.92 Å². The molecule has 0 aliphatic carbocycles. The first-order valence-electron chi connectivity index (χ1n) is 6.34. The number of aromatic nitrogens is 1. The molecular formula is C15H15BrN2O3. The monoisotopic (exact) mass is 350 g/mol. The lowest BCUT2D eigenvalue weighted by atomic mass is 10.3. The molecule has 0 spiro atoms. The van der Waals surface area contributed by atoms with E-state index in [9.17, 15) is 9.90 Å². The molecule has 21 heavy (non-hydrogen) atoms. The van der Waals surface area contributed by atoms with Gasteiger partial charge in [0.25, 0.3) is 5.91 Å². The zero-order valence-corrected chi connectivity index (χ0v) is 13.1. The van der Waals surface area contributed by atoms with Gasteiger partial charge in [-0.15, -0.1) is 0 Å². The number of amides is 1. The van der Waals surface area contributed by atoms with Gasteiger partial charge in [-0.2, -0.15) is 0 Å². The highest BCUT2D eigenvalue weighted by Crippen LogP contribution is 2.21. The number of para-hydroxylation sites is 1. The number of halogens is 1. The van der Waals surface area contributed by atoms with Crippen LogP contribution in [0.25, 0.3) is 0 Å². The third kappa shape index (κ3) is 4.27. The number of aliphatic hydroxyl groups excluding tert-OH is 1. The van der Waals surface area contributed by atoms with Crippen LogP contribution in [0.2, 0.25) is 0 Å². The molecule has 0 atom stereocenters. The Morgan fingerprint density at radius 3 is 2.81 bits per heavy atom. The van der Waals surface area contributed by atoms with Crippen molar-refractivity contribution in [2.45, 2.75) is 13.5 Å². The molecule has 110 valence electrons. The summed E-state index contributed by atoms with van der Waals surface area (Å²) in [7, 11) is 0. The van der Waals surface area contributed by atoms with Gasteiger partial charge in [-0.05, 0) is 47.1 Å². The van der Waals surface area contributed by atoms with Gasteiger partial charge in [0.05, 0.1) is 12.3 Å². The number of ether oxygens (including phenoxy) is 1. The number of nitrogens with zero attached hydrogens (tertiary/aromatic N) is 1. The van der Waals surface area contributed by atoms with Crippen LogP contribution in [-0.4, -0.2) is 22.6 Å². The van der Waals surface area contributed by atoms with E-state index in [4.69, 9.17) is 4.74 Å². The average molecular weight is 351 g/mol. The van der Waals surface area contributed by atoms with E-state index in [1.165, 1.54) is 0 Å². The second kappa shape index (κ2) is 7.19. The Bertz CT molecular complexity index is 647. The summed E-state index contributed by atoms with van der Waals surface area (Å²) in [6, 6.07) is 10.8. The van der Waals surface area contributed by atoms with Crippen LogP contribution in [0.3, 0.4) is 0 Å². The van der Waals surface area contributed by atoms with Gasteiger partial charge in [-0.1, -0.05) is 12.1 Å². The summed E-state index contributed by atoms with van der Waals surface area (Å²) >= 11 is 3.35. The van der Waals surface area contributed by atoms with Crippen molar-refractivity contribution in [3.8, 4) is 5.75 Å². The van der Waals surface area contributed by atoms with E-state index in [1.807, 2.05) is 25.1 Å². The number of hydrogen-bond donors (Lipinski definition) is 2. The predicted molar refractivity (Wildman–Crippen MR) is 83.2 cm³/mol. The van der Waals surface area contributed by atoms with Gasteiger partial charge in [-0.3, -0.25) is 9.78 Å². The predicted octanol–water partition coefficient (Wildman–Crippen LogP) is 2.66. The zero-order chi connectivity index (χ0) is 15.2. The minimum absolute atomic E-state index is 0.154. The number of pyridine rings is 1. The molecule has 0 aliphatic heterocycles. The molecule has 2 N–H and O–H groups in total. The Morgan fingerprint density at radius 1 is 1.33 bits per heavy atom. The molecule has 1 aromatic heterocycles. The molecule has 0 bridgehead atoms. The molecule has 1 amide bonds. The average Bonchev–Trinajstić information content (AvgIpc) is 2.48. The van der Waals surface area contributed by atoms with E-state index in [1.54, 1.807) is 18.2 Å². The molecule has 6 heteroatoms. The minimum atomic E-state index is -0.286. The topological polar surface area (TPSA) is 71.5 Å². The normalized spacial score (nSPS) is 10.2. The van der Waals surface area contributed by atoms with Gasteiger partial charge in [0.15, 0.2) is 6.61 Å². The molecule has 1 heterocycles. The quantitative estimate of drug-likeness (QED) is 0.869. The van der Waals surface area contributed by atoms with Crippen molar-refractivity contribution in [1.82, 2.24) is 4.98 Å². The van der Waals surface area contributed by atoms with E-state index in [0.29, 0.717) is 17.1 Å². The van der Waals surface area contributed by atoms with Crippen LogP contribution in [-0.2, 0) is 11.4 Å². The first kappa shape index (κ1) is 15.5. The first-order valence-corrected chi connectivity index (χ1v) is 7.14. The summed E-state index contributed by atoms with van der Waals surface area (Å²) in [5, 5.41) is 12.0. The number of aliphatic hydroxyl groups is 1. The summed E-state index contributed by atoms with van der Waals surface area (Å²) in [5.74, 6) is 0.122. The Morgan fingerprint density at radius 2 is 2.10 bits per heavy atom. The standard InChI is InChI=1S/C15H15BrN2O3/c1-10-6-7-14(13(8-19)17-10)21-9-15(20)18-12-5-3-2-4-11(12)16/h2-7,19H,8-9H2,1H3,(H,18,20). The maximum atomic E-state index is 11.9. The van der Waals surface area contributed by atoms with Crippen LogP contribution < -0.4 is 10.1 Å². The lowest BCUT2D eigenvalue weighted by molar-refractivity contribution is -0.118. The largest absolute Gasteiger partial charge is 0.482 e. The maximum absolute atomic E-state index is 11.9. The number of benzene rings is 1. The van der Waals surface area contributed by atoms with Crippen molar-refractivity contribution >= 4 is 27.5 Å². The molecule has 0 aliphatic rings. The van der Waals surface area contributed by atoms with Gasteiger partial charge in [0.1, 0.15) is 11.4 Å². The van der Waals surface area contributed by atoms with E-state index in [0.717, 1.165) is 10.2 Å². The van der Waals surface area contributed by atoms with E-state index in [2.05, 4.69) is 26.2 Å². The Kier molecular flexibility index (Phi) is 5.30. The molecule has 0 radical (unpaired) electrons. The number of anilines is 1. The smallest absolute Gasteiger partial charge is 0.262 e. The maximum Gasteiger partial charge on any atom is 0.262 e. The molecule has 1 aromatic carbocycles. The summed E-state index contributed by atoms with van der Waals surface area (Å²) in [6.07, 6.45) is 0. The van der Waals surface area contributed by atoms with Crippen molar-refractivity contribution in [3.05, 3.63) is 52.3 Å². The van der Waals surface area contributed by atoms with E-state index in [-0.39, 0.29) is 19.1 Å². The Balaban J connectivity index is 1.97. The highest BCUT2D eigenvalue weighted by Gasteiger charge is 2.09. The van der Waals surface area contributed by atoms with E-state index < -0.39 is 0 Å². The van der Waals surface area contributed by atoms with Crippen LogP contribution >= 0.6 is 15.9 Å². The fourth-order valence-electron chi connectivity index (χ4n) is 1.73. The molecule has 0 saturated carbocycles. The number of carbonyl (C=O) groups excluding carboxylic acids is 1. The number of hydrogen-bond acceptors (Lipinski definition) is 4. The van der Waals surface area contributed by atoms with Crippen molar-refractivity contribution in [2.24, 2.45) is 0 Å². The molecule has 0 fully saturated rings. The Hall–Kier alpha value is -1.92. The van der Waals surface area contributed by atoms with Crippen LogP contribution in [0.1, 0.15) is 11.4 Å². The van der Waals surface area contributed by atoms with Gasteiger partial charge in [0, 0.05) is 10.2 Å². The molecule has 0 unspecified atom stereocenters. The van der Waals surface area contributed by atoms with Crippen molar-refractivity contribution < 1.29 is 14.6 Å². The summed E-state index contributed by atoms with van der Waals surface area (Å²) < 4.78 is 6.20. The van der Waals surface area contributed by atoms with Crippen LogP contribution in [0.4, 0.5) is 5.69 Å². The number of rotatable bonds is 5. The number of carbonyl (C=O) groups is 1. The van der Waals surface area contributed by atoms with Crippen LogP contribution in [0.15, 0.2) is 40.9 Å². The van der Waals surface area contributed by atoms with Gasteiger partial charge in [-0.25, -0.2) is 0 Å². The van der Waals surface area contributed by atoms with Crippen molar-refractivity contribution in [3.63, 3.8) is 0 Å². The summed E-state index contributed by atoms with van der Waals surface area (Å²) in [5.41, 5.74) is 1.88. The Labute approximate surface area is 131 Å². The fourth-order valence-corrected chi connectivity index (χ4v) is 2.12. The lowest BCUT2D eigenvalue weighted by Crippen LogP contribution is -2.21. The van der Waals surface area contributed by atoms with Crippen molar-refractivity contribution in [1.29, 1.82) is 0 Å². The zero-order valence-electron chi connectivity index (χ0n) is 11.5. The summed E-state index contributed by atoms with van der Waals surface area (Å²) in [6.45, 7) is 1.44. The highest BCUT2D eigenvalue weighted by molar-refractivity contribution is 9.10. The van der Waals surface area contributed by atoms with Crippen LogP contribution in [0.5, 0.6) is 5.75 Å². The third-order valence-corrected chi connectivity index (χ3v) is 3.42. The first-order chi connectivity index (χ1) is 10.1. The molecule has 5 nitrogen and oxygen atoms in total. The van der Waals surface area contributed by atoms with Gasteiger partial charge >= 0.3 is 0 Å². The second-order valence-electron chi connectivity index (χ2n) is 4.37. The van der Waals surface area contributed by atoms with Gasteiger partial charge in [0.2, 0.25) is 0 Å². The molecular weight excluding hydrogens is 336 g/mol. The SMILES string of the molecule is Cc1ccc(OCC(=O)Nc2ccccc2Br)c(CO)n1. The number of aryl methyl sites for hydroxylation is 1. The molecule has 0 saturated heterocycles. The second-order valence-corrected chi connectivity index (χ2v) is 5.23. The third-order valence-electron chi connectivity index (χ3n) is 2.73. The highest BCUT2D eigenvalue weighted by atomic mass is 79.9. The van der Waals surface area contributed by atoms with Crippen molar-refractivity contribution in [2.75, 3.05) is 11.9 Å².